The first-order valence-corrected chi connectivity index (χ1v) is 14.5. The Labute approximate surface area is 242 Å². The van der Waals surface area contributed by atoms with Gasteiger partial charge in [0.1, 0.15) is 11.8 Å². The van der Waals surface area contributed by atoms with Crippen molar-refractivity contribution in [3.63, 3.8) is 0 Å². The molecule has 4 heterocycles. The van der Waals surface area contributed by atoms with E-state index in [1.54, 1.807) is 6.07 Å². The number of likely N-dealkylation sites (N-methyl/N-ethyl adjacent to an activating group) is 1. The summed E-state index contributed by atoms with van der Waals surface area (Å²) in [6, 6.07) is 20.5. The van der Waals surface area contributed by atoms with Gasteiger partial charge in [-0.15, -0.1) is 0 Å². The number of hydrogen-bond donors (Lipinski definition) is 2. The van der Waals surface area contributed by atoms with Crippen molar-refractivity contribution in [2.75, 3.05) is 51.3 Å². The fourth-order valence-corrected chi connectivity index (χ4v) is 6.42. The van der Waals surface area contributed by atoms with E-state index < -0.39 is 0 Å². The van der Waals surface area contributed by atoms with Crippen LogP contribution in [0.4, 0.5) is 5.69 Å². The summed E-state index contributed by atoms with van der Waals surface area (Å²) in [7, 11) is 2.19. The first-order chi connectivity index (χ1) is 19.4. The van der Waals surface area contributed by atoms with Crippen molar-refractivity contribution < 1.29 is 9.84 Å². The van der Waals surface area contributed by atoms with Crippen LogP contribution >= 0.6 is 11.6 Å². The fraction of sp³-hybridized carbons (Fsp3) is 0.438. The molecular formula is C32H38ClN5O2. The van der Waals surface area contributed by atoms with E-state index in [0.29, 0.717) is 17.2 Å². The van der Waals surface area contributed by atoms with E-state index in [2.05, 4.69) is 46.4 Å². The summed E-state index contributed by atoms with van der Waals surface area (Å²) in [5.74, 6) is 0.876. The van der Waals surface area contributed by atoms with Crippen molar-refractivity contribution in [3.8, 4) is 23.1 Å². The van der Waals surface area contributed by atoms with Gasteiger partial charge >= 0.3 is 0 Å². The van der Waals surface area contributed by atoms with Gasteiger partial charge in [0.05, 0.1) is 35.3 Å². The third kappa shape index (κ3) is 6.11. The van der Waals surface area contributed by atoms with E-state index in [1.807, 2.05) is 37.3 Å². The molecule has 7 nitrogen and oxygen atoms in total. The molecular weight excluding hydrogens is 522 g/mol. The number of hydrogen-bond acceptors (Lipinski definition) is 7. The van der Waals surface area contributed by atoms with Gasteiger partial charge in [-0.25, -0.2) is 0 Å². The van der Waals surface area contributed by atoms with E-state index in [1.165, 1.54) is 5.56 Å². The average molecular weight is 560 g/mol. The molecule has 2 fully saturated rings. The van der Waals surface area contributed by atoms with Crippen molar-refractivity contribution in [1.82, 2.24) is 15.2 Å². The normalized spacial score (nSPS) is 19.9. The molecule has 0 aliphatic carbocycles. The Morgan fingerprint density at radius 3 is 2.65 bits per heavy atom. The van der Waals surface area contributed by atoms with Gasteiger partial charge in [0, 0.05) is 48.7 Å². The number of nitrogens with zero attached hydrogens (tertiary/aromatic N) is 4. The number of anilines is 1. The Kier molecular flexibility index (Phi) is 8.92. The summed E-state index contributed by atoms with van der Waals surface area (Å²) in [4.78, 5) is 9.87. The lowest BCUT2D eigenvalue weighted by atomic mass is 9.69. The largest absolute Gasteiger partial charge is 0.493 e. The number of para-hydroxylation sites is 1. The highest BCUT2D eigenvalue weighted by Gasteiger charge is 2.42. The van der Waals surface area contributed by atoms with Crippen LogP contribution in [0.1, 0.15) is 43.0 Å². The minimum absolute atomic E-state index is 0.0648. The molecule has 1 unspecified atom stereocenters. The number of pyridine rings is 1. The zero-order valence-electron chi connectivity index (χ0n) is 23.4. The van der Waals surface area contributed by atoms with Crippen LogP contribution in [-0.4, -0.2) is 67.5 Å². The van der Waals surface area contributed by atoms with E-state index >= 15 is 0 Å². The first kappa shape index (κ1) is 28.4. The second-order valence-corrected chi connectivity index (χ2v) is 11.4. The number of aliphatic hydroxyl groups is 1. The summed E-state index contributed by atoms with van der Waals surface area (Å²) >= 11 is 6.12. The van der Waals surface area contributed by atoms with Gasteiger partial charge in [-0.3, -0.25) is 9.88 Å². The van der Waals surface area contributed by atoms with Crippen LogP contribution in [0.15, 0.2) is 54.6 Å². The monoisotopic (exact) mass is 559 g/mol. The third-order valence-electron chi connectivity index (χ3n) is 8.18. The van der Waals surface area contributed by atoms with Gasteiger partial charge in [-0.05, 0) is 81.7 Å². The number of aromatic nitrogens is 1. The molecule has 2 saturated heterocycles. The van der Waals surface area contributed by atoms with Crippen LogP contribution in [0, 0.1) is 11.3 Å². The molecule has 0 bridgehead atoms. The Balaban J connectivity index is 0.000000477. The zero-order chi connectivity index (χ0) is 28.1. The first-order valence-electron chi connectivity index (χ1n) is 14.2. The Morgan fingerprint density at radius 2 is 1.98 bits per heavy atom. The number of rotatable bonds is 4. The molecule has 1 aromatic heterocycles. The number of nitrogens with one attached hydrogen (secondary N) is 1. The molecule has 2 N–H and O–H groups in total. The number of aliphatic hydroxyl groups excluding tert-OH is 1. The van der Waals surface area contributed by atoms with Gasteiger partial charge in [0.25, 0.3) is 0 Å². The van der Waals surface area contributed by atoms with Crippen LogP contribution in [0.5, 0.6) is 5.75 Å². The van der Waals surface area contributed by atoms with Gasteiger partial charge in [-0.2, -0.15) is 5.26 Å². The number of benzene rings is 2. The Hall–Kier alpha value is -3.15. The standard InChI is InChI=1S/C28H29ClN4O.C4H9NO/c1-3-34-27-7-5-4-6-22(27)24-10-9-23-25(31-24)18-32(2)19-28(23)12-14-33(15-13-28)26-11-8-21(29)16-20(26)17-30;6-4-1-2-5-3-4/h4-11,16H,3,12-15,18-19H2,1-2H3;4-6H,1-3H2. The van der Waals surface area contributed by atoms with E-state index in [9.17, 15) is 5.26 Å². The molecule has 0 amide bonds. The van der Waals surface area contributed by atoms with Gasteiger partial charge < -0.3 is 20.1 Å². The van der Waals surface area contributed by atoms with Crippen molar-refractivity contribution in [2.24, 2.45) is 0 Å². The maximum absolute atomic E-state index is 9.59. The molecule has 1 atom stereocenters. The van der Waals surface area contributed by atoms with Crippen LogP contribution in [0.2, 0.25) is 5.02 Å². The number of nitriles is 1. The van der Waals surface area contributed by atoms with Crippen LogP contribution in [0.25, 0.3) is 11.3 Å². The molecule has 0 radical (unpaired) electrons. The Morgan fingerprint density at radius 1 is 1.18 bits per heavy atom. The van der Waals surface area contributed by atoms with Crippen molar-refractivity contribution in [3.05, 3.63) is 76.4 Å². The maximum atomic E-state index is 9.59. The number of halogens is 1. The second-order valence-electron chi connectivity index (χ2n) is 11.0. The number of fused-ring (bicyclic) bond motifs is 2. The van der Waals surface area contributed by atoms with Gasteiger partial charge in [-0.1, -0.05) is 29.8 Å². The third-order valence-corrected chi connectivity index (χ3v) is 8.41. The van der Waals surface area contributed by atoms with Crippen LogP contribution < -0.4 is 15.0 Å². The highest BCUT2D eigenvalue weighted by Crippen LogP contribution is 2.43. The van der Waals surface area contributed by atoms with Crippen LogP contribution in [-0.2, 0) is 12.0 Å². The van der Waals surface area contributed by atoms with E-state index in [0.717, 1.165) is 86.9 Å². The molecule has 8 heteroatoms. The fourth-order valence-electron chi connectivity index (χ4n) is 6.24. The van der Waals surface area contributed by atoms with E-state index in [4.69, 9.17) is 26.4 Å². The smallest absolute Gasteiger partial charge is 0.128 e. The molecule has 40 heavy (non-hydrogen) atoms. The van der Waals surface area contributed by atoms with Crippen molar-refractivity contribution in [2.45, 2.75) is 44.2 Å². The predicted octanol–water partition coefficient (Wildman–Crippen LogP) is 5.00. The minimum Gasteiger partial charge on any atom is -0.493 e. The summed E-state index contributed by atoms with van der Waals surface area (Å²) in [6.45, 7) is 8.09. The lowest BCUT2D eigenvalue weighted by molar-refractivity contribution is 0.178. The summed E-state index contributed by atoms with van der Waals surface area (Å²) in [5, 5.41) is 21.9. The highest BCUT2D eigenvalue weighted by molar-refractivity contribution is 6.30. The Bertz CT molecular complexity index is 1360. The lowest BCUT2D eigenvalue weighted by Crippen LogP contribution is -2.51. The topological polar surface area (TPSA) is 84.7 Å². The van der Waals surface area contributed by atoms with Gasteiger partial charge in [0.2, 0.25) is 0 Å². The summed E-state index contributed by atoms with van der Waals surface area (Å²) < 4.78 is 5.86. The minimum atomic E-state index is -0.0648. The summed E-state index contributed by atoms with van der Waals surface area (Å²) in [5.41, 5.74) is 6.23. The highest BCUT2D eigenvalue weighted by atomic mass is 35.5. The average Bonchev–Trinajstić information content (AvgIpc) is 3.45. The molecule has 2 aromatic carbocycles. The molecule has 0 saturated carbocycles. The SMILES string of the molecule is CCOc1ccccc1-c1ccc2c(n1)CN(C)CC21CCN(c2ccc(Cl)cc2C#N)CC1.OC1CCNC1. The molecule has 3 aliphatic rings. The second kappa shape index (κ2) is 12.6. The molecule has 6 rings (SSSR count). The number of ether oxygens (including phenoxy) is 1. The zero-order valence-corrected chi connectivity index (χ0v) is 24.1. The molecule has 1 spiro atoms. The molecule has 3 aliphatic heterocycles. The quantitative estimate of drug-likeness (QED) is 0.465. The van der Waals surface area contributed by atoms with Gasteiger partial charge in [0.15, 0.2) is 0 Å². The summed E-state index contributed by atoms with van der Waals surface area (Å²) in [6.07, 6.45) is 2.91. The van der Waals surface area contributed by atoms with Crippen molar-refractivity contribution in [1.29, 1.82) is 5.26 Å². The van der Waals surface area contributed by atoms with Crippen molar-refractivity contribution >= 4 is 17.3 Å². The maximum Gasteiger partial charge on any atom is 0.128 e. The number of piperidine rings is 1. The molecule has 210 valence electrons. The van der Waals surface area contributed by atoms with Crippen LogP contribution in [0.3, 0.4) is 0 Å². The number of β-amino-alcohol motifs (C(OH)–C–C–N with tert-alkyl or cyclic N) is 1. The molecule has 3 aromatic rings. The lowest BCUT2D eigenvalue weighted by Gasteiger charge is -2.48. The predicted molar refractivity (Wildman–Crippen MR) is 160 cm³/mol. The van der Waals surface area contributed by atoms with E-state index in [-0.39, 0.29) is 11.5 Å².